The minimum absolute atomic E-state index is 0.0210. The number of benzene rings is 1. The molecule has 0 bridgehead atoms. The van der Waals surface area contributed by atoms with Crippen LogP contribution in [0.5, 0.6) is 0 Å². The molecule has 1 aliphatic heterocycles. The summed E-state index contributed by atoms with van der Waals surface area (Å²) in [6.07, 6.45) is 10.8. The van der Waals surface area contributed by atoms with Gasteiger partial charge in [0, 0.05) is 27.6 Å². The van der Waals surface area contributed by atoms with Gasteiger partial charge in [-0.15, -0.1) is 0 Å². The van der Waals surface area contributed by atoms with E-state index in [1.165, 1.54) is 5.57 Å². The van der Waals surface area contributed by atoms with Crippen LogP contribution in [0.4, 0.5) is 0 Å². The maximum absolute atomic E-state index is 12.4. The first-order valence-electron chi connectivity index (χ1n) is 10.8. The van der Waals surface area contributed by atoms with Crippen LogP contribution in [0.3, 0.4) is 0 Å². The maximum Gasteiger partial charge on any atom is 0.326 e. The largest absolute Gasteiger partial charge is 0.480 e. The van der Waals surface area contributed by atoms with Crippen molar-refractivity contribution in [3.63, 3.8) is 0 Å². The number of nitrogens with zero attached hydrogens (tertiary/aromatic N) is 1. The Morgan fingerprint density at radius 2 is 2.00 bits per heavy atom. The van der Waals surface area contributed by atoms with E-state index in [9.17, 15) is 15.2 Å². The molecule has 0 aromatic heterocycles. The maximum atomic E-state index is 12.4. The van der Waals surface area contributed by atoms with Crippen molar-refractivity contribution in [2.75, 3.05) is 0 Å². The third-order valence-electron chi connectivity index (χ3n) is 6.98. The van der Waals surface area contributed by atoms with Gasteiger partial charge in [0.25, 0.3) is 0 Å². The van der Waals surface area contributed by atoms with Gasteiger partial charge in [-0.25, -0.2) is 4.79 Å². The Labute approximate surface area is 193 Å². The van der Waals surface area contributed by atoms with Gasteiger partial charge in [0.2, 0.25) is 0 Å². The molecule has 2 aliphatic carbocycles. The molecule has 4 rings (SSSR count). The molecule has 1 saturated heterocycles. The molecule has 0 amide bonds. The second-order valence-corrected chi connectivity index (χ2v) is 9.68. The normalized spacial score (nSPS) is 32.9. The number of nitrogens with one attached hydrogen (secondary N) is 1. The number of rotatable bonds is 3. The number of allylic oxidation sites excluding steroid dienone is 6. The molecule has 162 valence electrons. The third kappa shape index (κ3) is 3.79. The highest BCUT2D eigenvalue weighted by Crippen LogP contribution is 2.58. The van der Waals surface area contributed by atoms with Crippen LogP contribution in [0.2, 0.25) is 5.02 Å². The van der Waals surface area contributed by atoms with Gasteiger partial charge in [-0.1, -0.05) is 60.8 Å². The quantitative estimate of drug-likeness (QED) is 0.571. The van der Waals surface area contributed by atoms with Gasteiger partial charge in [0.1, 0.15) is 11.5 Å². The first kappa shape index (κ1) is 22.0. The third-order valence-corrected chi connectivity index (χ3v) is 7.47. The van der Waals surface area contributed by atoms with Gasteiger partial charge in [-0.3, -0.25) is 0 Å². The van der Waals surface area contributed by atoms with Crippen molar-refractivity contribution in [1.29, 1.82) is 5.26 Å². The van der Waals surface area contributed by atoms with Crippen LogP contribution >= 0.6 is 23.2 Å². The summed E-state index contributed by atoms with van der Waals surface area (Å²) in [7, 11) is 0. The van der Waals surface area contributed by atoms with Crippen molar-refractivity contribution in [3.05, 3.63) is 69.4 Å². The lowest BCUT2D eigenvalue weighted by Crippen LogP contribution is -2.40. The van der Waals surface area contributed by atoms with Crippen LogP contribution < -0.4 is 5.32 Å². The minimum Gasteiger partial charge on any atom is -0.480 e. The van der Waals surface area contributed by atoms with Crippen molar-refractivity contribution >= 4 is 29.2 Å². The van der Waals surface area contributed by atoms with E-state index < -0.39 is 23.3 Å². The number of halogens is 2. The molecule has 5 atom stereocenters. The van der Waals surface area contributed by atoms with Crippen LogP contribution in [-0.4, -0.2) is 17.1 Å². The molecule has 0 radical (unpaired) electrons. The Morgan fingerprint density at radius 1 is 1.26 bits per heavy atom. The summed E-state index contributed by atoms with van der Waals surface area (Å²) >= 11 is 12.6. The summed E-state index contributed by atoms with van der Waals surface area (Å²) < 4.78 is 0. The Kier molecular flexibility index (Phi) is 6.19. The van der Waals surface area contributed by atoms with E-state index in [1.54, 1.807) is 12.1 Å². The van der Waals surface area contributed by atoms with Crippen LogP contribution in [0.25, 0.3) is 0 Å². The molecular weight excluding hydrogens is 431 g/mol. The van der Waals surface area contributed by atoms with Crippen LogP contribution in [0.1, 0.15) is 50.5 Å². The summed E-state index contributed by atoms with van der Waals surface area (Å²) in [5.41, 5.74) is 1.70. The minimum atomic E-state index is -1.05. The fourth-order valence-electron chi connectivity index (χ4n) is 5.68. The summed E-state index contributed by atoms with van der Waals surface area (Å²) in [5, 5.41) is 25.5. The summed E-state index contributed by atoms with van der Waals surface area (Å²) in [5.74, 6) is -1.78. The number of hydrogen-bond donors (Lipinski definition) is 2. The highest BCUT2D eigenvalue weighted by atomic mass is 35.5. The smallest absolute Gasteiger partial charge is 0.326 e. The fourth-order valence-corrected chi connectivity index (χ4v) is 6.15. The van der Waals surface area contributed by atoms with Gasteiger partial charge in [0.05, 0.1) is 6.07 Å². The SMILES string of the molecule is CC1C=C(Cl)C=CC1[C@@]1(C#N)C(=C2CCCCC2)N[C@@H](C(=O)O)[C@@H]1c1cccc(Cl)c1. The zero-order chi connectivity index (χ0) is 22.2. The summed E-state index contributed by atoms with van der Waals surface area (Å²) in [6, 6.07) is 9.00. The molecule has 1 aromatic rings. The molecular formula is C25H26Cl2N2O2. The predicted molar refractivity (Wildman–Crippen MR) is 123 cm³/mol. The molecule has 2 unspecified atom stereocenters. The average molecular weight is 457 g/mol. The van der Waals surface area contributed by atoms with Gasteiger partial charge >= 0.3 is 5.97 Å². The lowest BCUT2D eigenvalue weighted by Gasteiger charge is -2.40. The second-order valence-electron chi connectivity index (χ2n) is 8.81. The van der Waals surface area contributed by atoms with Crippen LogP contribution in [0.15, 0.2) is 58.8 Å². The molecule has 1 heterocycles. The molecule has 2 fully saturated rings. The zero-order valence-corrected chi connectivity index (χ0v) is 19.0. The first-order valence-corrected chi connectivity index (χ1v) is 11.6. The van der Waals surface area contributed by atoms with E-state index in [0.717, 1.165) is 43.4 Å². The van der Waals surface area contributed by atoms with E-state index in [0.29, 0.717) is 10.1 Å². The highest BCUT2D eigenvalue weighted by molar-refractivity contribution is 6.31. The van der Waals surface area contributed by atoms with Crippen molar-refractivity contribution in [1.82, 2.24) is 5.32 Å². The molecule has 6 heteroatoms. The number of nitriles is 1. The van der Waals surface area contributed by atoms with Crippen molar-refractivity contribution in [2.24, 2.45) is 17.3 Å². The Morgan fingerprint density at radius 3 is 2.61 bits per heavy atom. The second kappa shape index (κ2) is 8.73. The topological polar surface area (TPSA) is 73.1 Å². The highest BCUT2D eigenvalue weighted by Gasteiger charge is 2.60. The number of hydrogen-bond acceptors (Lipinski definition) is 3. The van der Waals surface area contributed by atoms with Gasteiger partial charge in [0.15, 0.2) is 0 Å². The molecule has 4 nitrogen and oxygen atoms in total. The Balaban J connectivity index is 1.98. The number of carboxylic acids is 1. The predicted octanol–water partition coefficient (Wildman–Crippen LogP) is 6.15. The summed E-state index contributed by atoms with van der Waals surface area (Å²) in [6.45, 7) is 2.04. The number of carboxylic acid groups (broad SMARTS) is 1. The molecule has 31 heavy (non-hydrogen) atoms. The fraction of sp³-hybridized carbons (Fsp3) is 0.440. The van der Waals surface area contributed by atoms with E-state index >= 15 is 0 Å². The molecule has 3 aliphatic rings. The van der Waals surface area contributed by atoms with Gasteiger partial charge in [-0.05, 0) is 60.9 Å². The number of aliphatic carboxylic acids is 1. The number of carbonyl (C=O) groups is 1. The molecule has 0 spiro atoms. The first-order chi connectivity index (χ1) is 14.9. The lowest BCUT2D eigenvalue weighted by molar-refractivity contribution is -0.139. The van der Waals surface area contributed by atoms with Crippen LogP contribution in [-0.2, 0) is 4.79 Å². The lowest BCUT2D eigenvalue weighted by atomic mass is 9.59. The zero-order valence-electron chi connectivity index (χ0n) is 17.4. The van der Waals surface area contributed by atoms with E-state index in [1.807, 2.05) is 37.3 Å². The Hall–Kier alpha value is -2.22. The van der Waals surface area contributed by atoms with E-state index in [-0.39, 0.29) is 11.8 Å². The summed E-state index contributed by atoms with van der Waals surface area (Å²) in [4.78, 5) is 12.4. The standard InChI is InChI=1S/C25H26Cl2N2O2/c1-15-12-19(27)10-11-20(15)25(14-28)21(17-8-5-9-18(26)13-17)22(24(30)31)29-23(25)16-6-3-2-4-7-16/h5,8-13,15,20-22,29H,2-4,6-7H2,1H3,(H,30,31)/t15?,20?,21-,22+,25+/m0/s1. The average Bonchev–Trinajstić information content (AvgIpc) is 3.10. The monoisotopic (exact) mass is 456 g/mol. The van der Waals surface area contributed by atoms with Gasteiger partial charge in [-0.2, -0.15) is 5.26 Å². The Bertz CT molecular complexity index is 1010. The molecule has 1 saturated carbocycles. The van der Waals surface area contributed by atoms with Crippen molar-refractivity contribution < 1.29 is 9.90 Å². The molecule has 2 N–H and O–H groups in total. The van der Waals surface area contributed by atoms with Crippen molar-refractivity contribution in [2.45, 2.75) is 51.0 Å². The molecule has 1 aromatic carbocycles. The van der Waals surface area contributed by atoms with Gasteiger partial charge < -0.3 is 10.4 Å². The van der Waals surface area contributed by atoms with Crippen molar-refractivity contribution in [3.8, 4) is 6.07 Å². The van der Waals surface area contributed by atoms with E-state index in [4.69, 9.17) is 23.2 Å². The van der Waals surface area contributed by atoms with Crippen LogP contribution in [0, 0.1) is 28.6 Å². The van der Waals surface area contributed by atoms with E-state index in [2.05, 4.69) is 11.4 Å².